The highest BCUT2D eigenvalue weighted by molar-refractivity contribution is 7.15. The summed E-state index contributed by atoms with van der Waals surface area (Å²) in [6.07, 6.45) is 3.84. The van der Waals surface area contributed by atoms with Crippen LogP contribution in [-0.4, -0.2) is 26.1 Å². The van der Waals surface area contributed by atoms with Crippen LogP contribution in [0.15, 0.2) is 16.1 Å². The molecule has 1 aliphatic rings. The standard InChI is InChI=1S/C13H13ClN4O2S/c1-2-7-3-5-19-9(7)12-16-11(17-20-12)8-10(14)15-13-18(8)4-6-21-13/h4,6-7,9H,2-3,5H2,1H3/t7-,9+/m1/s1. The van der Waals surface area contributed by atoms with Crippen LogP contribution in [0, 0.1) is 5.92 Å². The fourth-order valence-electron chi connectivity index (χ4n) is 2.73. The van der Waals surface area contributed by atoms with Gasteiger partial charge in [0.15, 0.2) is 10.1 Å². The molecule has 0 aliphatic carbocycles. The van der Waals surface area contributed by atoms with Crippen LogP contribution in [0.3, 0.4) is 0 Å². The molecule has 1 fully saturated rings. The van der Waals surface area contributed by atoms with Crippen molar-refractivity contribution in [3.8, 4) is 11.5 Å². The van der Waals surface area contributed by atoms with Crippen LogP contribution >= 0.6 is 22.9 Å². The number of aromatic nitrogens is 4. The lowest BCUT2D eigenvalue weighted by atomic mass is 9.99. The highest BCUT2D eigenvalue weighted by Crippen LogP contribution is 2.37. The number of fused-ring (bicyclic) bond motifs is 1. The molecule has 0 saturated carbocycles. The van der Waals surface area contributed by atoms with Crippen LogP contribution in [0.4, 0.5) is 0 Å². The van der Waals surface area contributed by atoms with E-state index in [1.54, 1.807) is 0 Å². The number of hydrogen-bond acceptors (Lipinski definition) is 6. The zero-order chi connectivity index (χ0) is 14.4. The van der Waals surface area contributed by atoms with Crippen LogP contribution in [0.25, 0.3) is 16.5 Å². The van der Waals surface area contributed by atoms with Crippen molar-refractivity contribution in [1.29, 1.82) is 0 Å². The van der Waals surface area contributed by atoms with Gasteiger partial charge in [-0.15, -0.1) is 11.3 Å². The lowest BCUT2D eigenvalue weighted by Crippen LogP contribution is -2.06. The summed E-state index contributed by atoms with van der Waals surface area (Å²) >= 11 is 7.70. The monoisotopic (exact) mass is 324 g/mol. The third-order valence-electron chi connectivity index (χ3n) is 3.86. The molecule has 3 aromatic heterocycles. The molecule has 3 aromatic rings. The second kappa shape index (κ2) is 5.08. The molecular weight excluding hydrogens is 312 g/mol. The number of hydrogen-bond donors (Lipinski definition) is 0. The van der Waals surface area contributed by atoms with Gasteiger partial charge >= 0.3 is 0 Å². The van der Waals surface area contributed by atoms with Gasteiger partial charge in [-0.3, -0.25) is 4.40 Å². The molecule has 0 bridgehead atoms. The normalized spacial score (nSPS) is 22.4. The number of thiazole rings is 1. The van der Waals surface area contributed by atoms with E-state index >= 15 is 0 Å². The Morgan fingerprint density at radius 3 is 3.24 bits per heavy atom. The van der Waals surface area contributed by atoms with Gasteiger partial charge in [-0.2, -0.15) is 4.98 Å². The van der Waals surface area contributed by atoms with Gasteiger partial charge in [0.2, 0.25) is 5.82 Å². The molecule has 1 aliphatic heterocycles. The van der Waals surface area contributed by atoms with E-state index in [1.165, 1.54) is 11.3 Å². The van der Waals surface area contributed by atoms with E-state index in [4.69, 9.17) is 20.9 Å². The molecule has 8 heteroatoms. The summed E-state index contributed by atoms with van der Waals surface area (Å²) in [5.74, 6) is 1.40. The van der Waals surface area contributed by atoms with Gasteiger partial charge in [0, 0.05) is 18.2 Å². The van der Waals surface area contributed by atoms with E-state index in [1.807, 2.05) is 16.0 Å². The van der Waals surface area contributed by atoms with Crippen LogP contribution in [-0.2, 0) is 4.74 Å². The van der Waals surface area contributed by atoms with E-state index in [0.29, 0.717) is 28.5 Å². The average molecular weight is 325 g/mol. The molecule has 2 atom stereocenters. The Morgan fingerprint density at radius 2 is 2.38 bits per heavy atom. The second-order valence-corrected chi connectivity index (χ2v) is 6.24. The highest BCUT2D eigenvalue weighted by atomic mass is 35.5. The molecule has 0 N–H and O–H groups in total. The number of nitrogens with zero attached hydrogens (tertiary/aromatic N) is 4. The molecule has 4 heterocycles. The smallest absolute Gasteiger partial charge is 0.256 e. The fraction of sp³-hybridized carbons (Fsp3) is 0.462. The predicted octanol–water partition coefficient (Wildman–Crippen LogP) is 3.59. The summed E-state index contributed by atoms with van der Waals surface area (Å²) in [5.41, 5.74) is 0.661. The van der Waals surface area contributed by atoms with Crippen molar-refractivity contribution in [3.63, 3.8) is 0 Å². The van der Waals surface area contributed by atoms with E-state index < -0.39 is 0 Å². The van der Waals surface area contributed by atoms with E-state index in [0.717, 1.165) is 24.4 Å². The van der Waals surface area contributed by atoms with E-state index in [2.05, 4.69) is 22.0 Å². The minimum atomic E-state index is -0.110. The lowest BCUT2D eigenvalue weighted by molar-refractivity contribution is 0.0617. The topological polar surface area (TPSA) is 65.5 Å². The minimum absolute atomic E-state index is 0.110. The Labute approximate surface area is 129 Å². The van der Waals surface area contributed by atoms with Crippen molar-refractivity contribution in [1.82, 2.24) is 19.5 Å². The molecule has 21 heavy (non-hydrogen) atoms. The Morgan fingerprint density at radius 1 is 1.48 bits per heavy atom. The van der Waals surface area contributed by atoms with Gasteiger partial charge < -0.3 is 9.26 Å². The number of imidazole rings is 1. The maximum Gasteiger partial charge on any atom is 0.256 e. The first-order valence-electron chi connectivity index (χ1n) is 6.84. The van der Waals surface area contributed by atoms with Crippen LogP contribution in [0.2, 0.25) is 5.15 Å². The first-order chi connectivity index (χ1) is 10.3. The molecule has 0 spiro atoms. The van der Waals surface area contributed by atoms with Crippen molar-refractivity contribution < 1.29 is 9.26 Å². The van der Waals surface area contributed by atoms with Crippen molar-refractivity contribution in [2.24, 2.45) is 5.92 Å². The van der Waals surface area contributed by atoms with E-state index in [-0.39, 0.29) is 6.10 Å². The Balaban J connectivity index is 1.74. The SMILES string of the molecule is CC[C@@H]1CCO[C@@H]1c1nc(-c2c(Cl)nc3sccn23)no1. The molecular formula is C13H13ClN4O2S. The molecule has 0 radical (unpaired) electrons. The number of ether oxygens (including phenoxy) is 1. The number of halogens is 1. The van der Waals surface area contributed by atoms with Crippen molar-refractivity contribution in [2.45, 2.75) is 25.9 Å². The van der Waals surface area contributed by atoms with Crippen molar-refractivity contribution in [3.05, 3.63) is 22.6 Å². The average Bonchev–Trinajstić information content (AvgIpc) is 3.20. The first kappa shape index (κ1) is 13.2. The molecule has 1 saturated heterocycles. The largest absolute Gasteiger partial charge is 0.368 e. The maximum atomic E-state index is 6.19. The quantitative estimate of drug-likeness (QED) is 0.736. The summed E-state index contributed by atoms with van der Waals surface area (Å²) in [7, 11) is 0. The third kappa shape index (κ3) is 2.07. The summed E-state index contributed by atoms with van der Waals surface area (Å²) < 4.78 is 13.0. The third-order valence-corrected chi connectivity index (χ3v) is 4.88. The maximum absolute atomic E-state index is 6.19. The number of rotatable bonds is 3. The van der Waals surface area contributed by atoms with Crippen molar-refractivity contribution in [2.75, 3.05) is 6.61 Å². The molecule has 0 aromatic carbocycles. The molecule has 6 nitrogen and oxygen atoms in total. The summed E-state index contributed by atoms with van der Waals surface area (Å²) in [6, 6.07) is 0. The van der Waals surface area contributed by atoms with E-state index in [9.17, 15) is 0 Å². The van der Waals surface area contributed by atoms with Crippen LogP contribution in [0.5, 0.6) is 0 Å². The Hall–Kier alpha value is -1.44. The molecule has 4 rings (SSSR count). The molecule has 110 valence electrons. The summed E-state index contributed by atoms with van der Waals surface area (Å²) in [5, 5.41) is 6.38. The van der Waals surface area contributed by atoms with Crippen LogP contribution < -0.4 is 0 Å². The zero-order valence-corrected chi connectivity index (χ0v) is 12.9. The second-order valence-electron chi connectivity index (χ2n) is 5.01. The highest BCUT2D eigenvalue weighted by Gasteiger charge is 2.33. The van der Waals surface area contributed by atoms with Crippen LogP contribution in [0.1, 0.15) is 31.8 Å². The summed E-state index contributed by atoms with van der Waals surface area (Å²) in [4.78, 5) is 9.57. The van der Waals surface area contributed by atoms with Gasteiger partial charge in [0.1, 0.15) is 11.8 Å². The van der Waals surface area contributed by atoms with Gasteiger partial charge in [-0.25, -0.2) is 4.98 Å². The zero-order valence-electron chi connectivity index (χ0n) is 11.3. The first-order valence-corrected chi connectivity index (χ1v) is 8.10. The van der Waals surface area contributed by atoms with Gasteiger partial charge in [0.25, 0.3) is 5.89 Å². The lowest BCUT2D eigenvalue weighted by Gasteiger charge is -2.11. The van der Waals surface area contributed by atoms with Gasteiger partial charge in [-0.1, -0.05) is 30.1 Å². The molecule has 0 amide bonds. The summed E-state index contributed by atoms with van der Waals surface area (Å²) in [6.45, 7) is 2.88. The predicted molar refractivity (Wildman–Crippen MR) is 78.5 cm³/mol. The fourth-order valence-corrected chi connectivity index (χ4v) is 3.75. The van der Waals surface area contributed by atoms with Gasteiger partial charge in [0.05, 0.1) is 0 Å². The molecule has 0 unspecified atom stereocenters. The minimum Gasteiger partial charge on any atom is -0.368 e. The Kier molecular flexibility index (Phi) is 3.20. The Bertz CT molecular complexity index is 780. The van der Waals surface area contributed by atoms with Crippen molar-refractivity contribution >= 4 is 27.9 Å². The van der Waals surface area contributed by atoms with Gasteiger partial charge in [-0.05, 0) is 12.3 Å².